The molecule has 0 aromatic heterocycles. The number of fused-ring (bicyclic) bond motifs is 2. The Labute approximate surface area is 131 Å². The van der Waals surface area contributed by atoms with Crippen molar-refractivity contribution in [2.75, 3.05) is 25.2 Å². The van der Waals surface area contributed by atoms with E-state index in [0.29, 0.717) is 13.2 Å². The number of nitrogens with zero attached hydrogens (tertiary/aromatic N) is 1. The van der Waals surface area contributed by atoms with E-state index in [0.717, 1.165) is 23.4 Å². The van der Waals surface area contributed by atoms with E-state index in [1.807, 2.05) is 25.1 Å². The molecule has 2 heterocycles. The molecule has 0 unspecified atom stereocenters. The van der Waals surface area contributed by atoms with Gasteiger partial charge in [-0.2, -0.15) is 0 Å². The molecule has 0 bridgehead atoms. The SMILES string of the molecule is C=CCN1C(=O)[C@]2(OCCC=C[C@H]2C)c2cc(OC)ccc21. The zero-order chi connectivity index (χ0) is 15.7. The number of methoxy groups -OCH3 is 1. The maximum absolute atomic E-state index is 13.2. The number of ether oxygens (including phenoxy) is 2. The molecule has 0 aliphatic carbocycles. The average Bonchev–Trinajstić information content (AvgIpc) is 2.66. The second kappa shape index (κ2) is 5.61. The molecule has 2 aliphatic rings. The largest absolute Gasteiger partial charge is 0.497 e. The summed E-state index contributed by atoms with van der Waals surface area (Å²) in [6.07, 6.45) is 6.72. The van der Waals surface area contributed by atoms with Crippen molar-refractivity contribution in [2.24, 2.45) is 5.92 Å². The highest BCUT2D eigenvalue weighted by atomic mass is 16.5. The van der Waals surface area contributed by atoms with Gasteiger partial charge in [0.05, 0.1) is 19.4 Å². The molecule has 0 saturated carbocycles. The number of hydrogen-bond acceptors (Lipinski definition) is 3. The fourth-order valence-corrected chi connectivity index (χ4v) is 3.35. The van der Waals surface area contributed by atoms with Crippen LogP contribution in [0.5, 0.6) is 5.75 Å². The van der Waals surface area contributed by atoms with Crippen LogP contribution in [0.15, 0.2) is 43.0 Å². The van der Waals surface area contributed by atoms with Gasteiger partial charge in [0.25, 0.3) is 5.91 Å². The number of carbonyl (C=O) groups is 1. The second-order valence-electron chi connectivity index (χ2n) is 5.68. The van der Waals surface area contributed by atoms with E-state index in [-0.39, 0.29) is 11.8 Å². The standard InChI is InChI=1S/C18H21NO3/c1-4-10-19-16-9-8-14(21-3)12-15(16)18(17(19)20)13(2)7-5-6-11-22-18/h4-5,7-9,12-13H,1,6,10-11H2,2-3H3/t13-,18-/m1/s1. The Morgan fingerprint density at radius 3 is 3.09 bits per heavy atom. The van der Waals surface area contributed by atoms with Crippen molar-refractivity contribution >= 4 is 11.6 Å². The quantitative estimate of drug-likeness (QED) is 0.805. The molecular weight excluding hydrogens is 278 g/mol. The van der Waals surface area contributed by atoms with Gasteiger partial charge < -0.3 is 14.4 Å². The van der Waals surface area contributed by atoms with Gasteiger partial charge in [-0.25, -0.2) is 0 Å². The van der Waals surface area contributed by atoms with E-state index in [2.05, 4.69) is 18.7 Å². The third-order valence-electron chi connectivity index (χ3n) is 4.45. The van der Waals surface area contributed by atoms with Gasteiger partial charge in [-0.1, -0.05) is 25.2 Å². The molecule has 0 radical (unpaired) electrons. The molecule has 4 nitrogen and oxygen atoms in total. The maximum atomic E-state index is 13.2. The third-order valence-corrected chi connectivity index (χ3v) is 4.45. The number of benzene rings is 1. The van der Waals surface area contributed by atoms with Crippen molar-refractivity contribution in [1.29, 1.82) is 0 Å². The highest BCUT2D eigenvalue weighted by Gasteiger charge is 2.55. The summed E-state index contributed by atoms with van der Waals surface area (Å²) in [5.74, 6) is 0.674. The lowest BCUT2D eigenvalue weighted by molar-refractivity contribution is -0.148. The van der Waals surface area contributed by atoms with Crippen molar-refractivity contribution in [3.05, 3.63) is 48.6 Å². The Morgan fingerprint density at radius 2 is 2.36 bits per heavy atom. The molecule has 1 aromatic rings. The number of amides is 1. The first-order valence-corrected chi connectivity index (χ1v) is 7.57. The fourth-order valence-electron chi connectivity index (χ4n) is 3.35. The molecule has 0 fully saturated rings. The van der Waals surface area contributed by atoms with Crippen LogP contribution in [0.2, 0.25) is 0 Å². The minimum atomic E-state index is -0.958. The van der Waals surface area contributed by atoms with Crippen LogP contribution in [0.25, 0.3) is 0 Å². The zero-order valence-electron chi connectivity index (χ0n) is 13.0. The summed E-state index contributed by atoms with van der Waals surface area (Å²) in [6.45, 7) is 6.80. The van der Waals surface area contributed by atoms with E-state index in [4.69, 9.17) is 9.47 Å². The molecule has 0 N–H and O–H groups in total. The first-order valence-electron chi connectivity index (χ1n) is 7.57. The zero-order valence-corrected chi connectivity index (χ0v) is 13.0. The van der Waals surface area contributed by atoms with Crippen molar-refractivity contribution in [3.63, 3.8) is 0 Å². The Balaban J connectivity index is 2.21. The van der Waals surface area contributed by atoms with Crippen LogP contribution in [0.4, 0.5) is 5.69 Å². The van der Waals surface area contributed by atoms with E-state index < -0.39 is 5.60 Å². The predicted octanol–water partition coefficient (Wildman–Crippen LogP) is 3.04. The molecule has 0 saturated heterocycles. The summed E-state index contributed by atoms with van der Waals surface area (Å²) in [6, 6.07) is 5.72. The lowest BCUT2D eigenvalue weighted by Gasteiger charge is -2.32. The molecule has 2 aliphatic heterocycles. The van der Waals surface area contributed by atoms with Gasteiger partial charge in [-0.05, 0) is 24.6 Å². The van der Waals surface area contributed by atoms with E-state index in [9.17, 15) is 4.79 Å². The first kappa shape index (κ1) is 14.9. The molecule has 3 rings (SSSR count). The number of rotatable bonds is 3. The normalized spacial score (nSPS) is 26.9. The van der Waals surface area contributed by atoms with Crippen molar-refractivity contribution in [2.45, 2.75) is 18.9 Å². The maximum Gasteiger partial charge on any atom is 0.264 e. The number of hydrogen-bond donors (Lipinski definition) is 0. The Kier molecular flexibility index (Phi) is 3.79. The molecule has 2 atom stereocenters. The predicted molar refractivity (Wildman–Crippen MR) is 86.1 cm³/mol. The molecule has 1 amide bonds. The van der Waals surface area contributed by atoms with Crippen molar-refractivity contribution in [3.8, 4) is 5.75 Å². The topological polar surface area (TPSA) is 38.8 Å². The van der Waals surface area contributed by atoms with Crippen LogP contribution in [0, 0.1) is 5.92 Å². The van der Waals surface area contributed by atoms with Crippen LogP contribution in [-0.4, -0.2) is 26.2 Å². The van der Waals surface area contributed by atoms with Gasteiger partial charge in [0.1, 0.15) is 5.75 Å². The highest BCUT2D eigenvalue weighted by Crippen LogP contribution is 2.49. The number of carbonyl (C=O) groups excluding carboxylic acids is 1. The molecule has 1 spiro atoms. The summed E-state index contributed by atoms with van der Waals surface area (Å²) in [7, 11) is 1.63. The van der Waals surface area contributed by atoms with E-state index >= 15 is 0 Å². The first-order chi connectivity index (χ1) is 10.6. The lowest BCUT2D eigenvalue weighted by Crippen LogP contribution is -2.46. The van der Waals surface area contributed by atoms with Gasteiger partial charge >= 0.3 is 0 Å². The van der Waals surface area contributed by atoms with Crippen molar-refractivity contribution in [1.82, 2.24) is 0 Å². The van der Waals surface area contributed by atoms with Crippen LogP contribution in [0.1, 0.15) is 18.9 Å². The Morgan fingerprint density at radius 1 is 1.55 bits per heavy atom. The lowest BCUT2D eigenvalue weighted by atomic mass is 9.83. The second-order valence-corrected chi connectivity index (χ2v) is 5.68. The fraction of sp³-hybridized carbons (Fsp3) is 0.389. The van der Waals surface area contributed by atoms with Gasteiger partial charge in [-0.3, -0.25) is 4.79 Å². The summed E-state index contributed by atoms with van der Waals surface area (Å²) >= 11 is 0. The average molecular weight is 299 g/mol. The van der Waals surface area contributed by atoms with Gasteiger partial charge in [-0.15, -0.1) is 6.58 Å². The van der Waals surface area contributed by atoms with Gasteiger partial charge in [0.2, 0.25) is 0 Å². The minimum Gasteiger partial charge on any atom is -0.497 e. The highest BCUT2D eigenvalue weighted by molar-refractivity contribution is 6.07. The van der Waals surface area contributed by atoms with Crippen molar-refractivity contribution < 1.29 is 14.3 Å². The minimum absolute atomic E-state index is 0.0188. The van der Waals surface area contributed by atoms with Gasteiger partial charge in [0.15, 0.2) is 5.60 Å². The Hall–Kier alpha value is -2.07. The van der Waals surface area contributed by atoms with Crippen LogP contribution in [0.3, 0.4) is 0 Å². The number of anilines is 1. The summed E-state index contributed by atoms with van der Waals surface area (Å²) in [4.78, 5) is 14.9. The van der Waals surface area contributed by atoms with Crippen LogP contribution in [-0.2, 0) is 15.1 Å². The van der Waals surface area contributed by atoms with Gasteiger partial charge in [0, 0.05) is 18.0 Å². The smallest absolute Gasteiger partial charge is 0.264 e. The third kappa shape index (κ3) is 1.98. The molecule has 116 valence electrons. The molecule has 4 heteroatoms. The summed E-state index contributed by atoms with van der Waals surface area (Å²) in [5.41, 5.74) is 0.811. The molecular formula is C18H21NO3. The monoisotopic (exact) mass is 299 g/mol. The molecule has 22 heavy (non-hydrogen) atoms. The van der Waals surface area contributed by atoms with Crippen LogP contribution >= 0.6 is 0 Å². The Bertz CT molecular complexity index is 637. The van der Waals surface area contributed by atoms with Crippen LogP contribution < -0.4 is 9.64 Å². The summed E-state index contributed by atoms with van der Waals surface area (Å²) < 4.78 is 11.5. The summed E-state index contributed by atoms with van der Waals surface area (Å²) in [5, 5.41) is 0. The van der Waals surface area contributed by atoms with E-state index in [1.165, 1.54) is 0 Å². The molecule has 1 aromatic carbocycles. The van der Waals surface area contributed by atoms with E-state index in [1.54, 1.807) is 18.1 Å².